The Labute approximate surface area is 225 Å². The summed E-state index contributed by atoms with van der Waals surface area (Å²) in [7, 11) is -3.73. The number of rotatable bonds is 8. The Morgan fingerprint density at radius 3 is 2.32 bits per heavy atom. The van der Waals surface area contributed by atoms with Crippen LogP contribution in [-0.4, -0.2) is 77.3 Å². The molecule has 0 saturated carbocycles. The van der Waals surface area contributed by atoms with Crippen molar-refractivity contribution in [3.05, 3.63) is 59.7 Å². The second kappa shape index (κ2) is 12.2. The minimum atomic E-state index is -3.73. The number of carbonyl (C=O) groups excluding carboxylic acids is 2. The maximum atomic E-state index is 12.9. The van der Waals surface area contributed by atoms with Crippen LogP contribution in [0.5, 0.6) is 0 Å². The zero-order valence-electron chi connectivity index (χ0n) is 22.4. The van der Waals surface area contributed by atoms with Crippen molar-refractivity contribution >= 4 is 33.2 Å². The molecular formula is C28H38N4O5S. The van der Waals surface area contributed by atoms with Gasteiger partial charge >= 0.3 is 0 Å². The zero-order valence-corrected chi connectivity index (χ0v) is 23.2. The number of piperidine rings is 1. The molecule has 2 aromatic rings. The number of morpholine rings is 1. The first kappa shape index (κ1) is 27.9. The second-order valence-corrected chi connectivity index (χ2v) is 12.2. The van der Waals surface area contributed by atoms with Crippen LogP contribution < -0.4 is 14.5 Å². The number of amides is 2. The van der Waals surface area contributed by atoms with Crippen molar-refractivity contribution in [3.8, 4) is 0 Å². The SMILES string of the molecule is CC1CCCN(c2ccc(C(C)NC(=O)CN(c3ccc(C(=O)N4CCOCC4)cc3)S(C)(=O)=O)cc2)C1. The first-order valence-corrected chi connectivity index (χ1v) is 15.1. The molecule has 38 heavy (non-hydrogen) atoms. The molecule has 0 radical (unpaired) electrons. The largest absolute Gasteiger partial charge is 0.378 e. The first-order chi connectivity index (χ1) is 18.1. The van der Waals surface area contributed by atoms with Gasteiger partial charge in [-0.15, -0.1) is 0 Å². The quantitative estimate of drug-likeness (QED) is 0.551. The van der Waals surface area contributed by atoms with Crippen molar-refractivity contribution in [3.63, 3.8) is 0 Å². The number of carbonyl (C=O) groups is 2. The molecule has 10 heteroatoms. The van der Waals surface area contributed by atoms with Crippen molar-refractivity contribution < 1.29 is 22.7 Å². The Balaban J connectivity index is 1.38. The lowest BCUT2D eigenvalue weighted by atomic mass is 9.99. The monoisotopic (exact) mass is 542 g/mol. The summed E-state index contributed by atoms with van der Waals surface area (Å²) in [5, 5.41) is 2.92. The zero-order chi connectivity index (χ0) is 27.3. The molecule has 206 valence electrons. The Morgan fingerprint density at radius 2 is 1.71 bits per heavy atom. The summed E-state index contributed by atoms with van der Waals surface area (Å²) in [5.74, 6) is 0.143. The average Bonchev–Trinajstić information content (AvgIpc) is 2.91. The number of nitrogens with zero attached hydrogens (tertiary/aromatic N) is 3. The third kappa shape index (κ3) is 7.05. The van der Waals surface area contributed by atoms with E-state index in [-0.39, 0.29) is 18.5 Å². The summed E-state index contributed by atoms with van der Waals surface area (Å²) < 4.78 is 31.5. The number of hydrogen-bond donors (Lipinski definition) is 1. The van der Waals surface area contributed by atoms with Crippen LogP contribution in [0.2, 0.25) is 0 Å². The van der Waals surface area contributed by atoms with Crippen LogP contribution in [0.4, 0.5) is 11.4 Å². The van der Waals surface area contributed by atoms with Crippen LogP contribution in [0.1, 0.15) is 48.7 Å². The fourth-order valence-corrected chi connectivity index (χ4v) is 5.87. The highest BCUT2D eigenvalue weighted by molar-refractivity contribution is 7.92. The van der Waals surface area contributed by atoms with E-state index in [1.807, 2.05) is 19.1 Å². The molecule has 2 heterocycles. The average molecular weight is 543 g/mol. The van der Waals surface area contributed by atoms with Crippen molar-refractivity contribution in [1.29, 1.82) is 0 Å². The van der Waals surface area contributed by atoms with Gasteiger partial charge in [-0.3, -0.25) is 13.9 Å². The van der Waals surface area contributed by atoms with Gasteiger partial charge in [0.2, 0.25) is 15.9 Å². The molecule has 2 atom stereocenters. The lowest BCUT2D eigenvalue weighted by Gasteiger charge is -2.33. The van der Waals surface area contributed by atoms with Gasteiger partial charge < -0.3 is 19.9 Å². The van der Waals surface area contributed by atoms with E-state index in [0.29, 0.717) is 43.5 Å². The second-order valence-electron chi connectivity index (χ2n) is 10.3. The van der Waals surface area contributed by atoms with Gasteiger partial charge in [0.25, 0.3) is 5.91 Å². The molecule has 0 bridgehead atoms. The summed E-state index contributed by atoms with van der Waals surface area (Å²) >= 11 is 0. The summed E-state index contributed by atoms with van der Waals surface area (Å²) in [6.07, 6.45) is 3.52. The fourth-order valence-electron chi connectivity index (χ4n) is 5.02. The molecule has 2 unspecified atom stereocenters. The number of hydrogen-bond acceptors (Lipinski definition) is 6. The minimum Gasteiger partial charge on any atom is -0.378 e. The lowest BCUT2D eigenvalue weighted by Crippen LogP contribution is -2.41. The molecule has 2 amide bonds. The van der Waals surface area contributed by atoms with Gasteiger partial charge in [-0.1, -0.05) is 19.1 Å². The van der Waals surface area contributed by atoms with Crippen LogP contribution in [-0.2, 0) is 19.6 Å². The Bertz CT molecular complexity index is 1210. The number of ether oxygens (including phenoxy) is 1. The van der Waals surface area contributed by atoms with Crippen LogP contribution in [0, 0.1) is 5.92 Å². The maximum Gasteiger partial charge on any atom is 0.254 e. The van der Waals surface area contributed by atoms with E-state index in [9.17, 15) is 18.0 Å². The van der Waals surface area contributed by atoms with Crippen molar-refractivity contribution in [1.82, 2.24) is 10.2 Å². The van der Waals surface area contributed by atoms with Gasteiger partial charge in [0.1, 0.15) is 6.54 Å². The molecule has 9 nitrogen and oxygen atoms in total. The molecule has 2 saturated heterocycles. The van der Waals surface area contributed by atoms with Gasteiger partial charge in [0.05, 0.1) is 31.2 Å². The third-order valence-electron chi connectivity index (χ3n) is 7.18. The Kier molecular flexibility index (Phi) is 8.94. The van der Waals surface area contributed by atoms with Gasteiger partial charge in [0.15, 0.2) is 0 Å². The highest BCUT2D eigenvalue weighted by atomic mass is 32.2. The standard InChI is InChI=1S/C28H38N4O5S/c1-21-5-4-14-31(19-21)25-10-6-23(7-11-25)22(2)29-27(33)20-32(38(3,35)36)26-12-8-24(9-13-26)28(34)30-15-17-37-18-16-30/h6-13,21-22H,4-5,14-20H2,1-3H3,(H,29,33). The van der Waals surface area contributed by atoms with E-state index in [4.69, 9.17) is 4.74 Å². The molecule has 2 fully saturated rings. The number of anilines is 2. The predicted octanol–water partition coefficient (Wildman–Crippen LogP) is 3.04. The van der Waals surface area contributed by atoms with Gasteiger partial charge in [-0.2, -0.15) is 0 Å². The van der Waals surface area contributed by atoms with Crippen LogP contribution in [0.15, 0.2) is 48.5 Å². The Morgan fingerprint density at radius 1 is 1.05 bits per heavy atom. The van der Waals surface area contributed by atoms with Crippen LogP contribution in [0.3, 0.4) is 0 Å². The minimum absolute atomic E-state index is 0.127. The molecule has 0 aromatic heterocycles. The molecule has 0 aliphatic carbocycles. The third-order valence-corrected chi connectivity index (χ3v) is 8.32. The van der Waals surface area contributed by atoms with E-state index < -0.39 is 15.9 Å². The molecule has 0 spiro atoms. The highest BCUT2D eigenvalue weighted by Gasteiger charge is 2.24. The van der Waals surface area contributed by atoms with Gasteiger partial charge in [-0.25, -0.2) is 8.42 Å². The summed E-state index contributed by atoms with van der Waals surface area (Å²) in [4.78, 5) is 29.7. The molecule has 2 aliphatic rings. The van der Waals surface area contributed by atoms with Gasteiger partial charge in [0, 0.05) is 37.4 Å². The number of benzene rings is 2. The maximum absolute atomic E-state index is 12.9. The fraction of sp³-hybridized carbons (Fsp3) is 0.500. The highest BCUT2D eigenvalue weighted by Crippen LogP contribution is 2.25. The normalized spacial score (nSPS) is 19.1. The van der Waals surface area contributed by atoms with E-state index >= 15 is 0 Å². The van der Waals surface area contributed by atoms with E-state index in [1.165, 1.54) is 18.5 Å². The van der Waals surface area contributed by atoms with Crippen molar-refractivity contribution in [2.75, 3.05) is 61.4 Å². The summed E-state index contributed by atoms with van der Waals surface area (Å²) in [6, 6.07) is 14.2. The molecule has 4 rings (SSSR count). The Hall–Kier alpha value is -3.11. The molecular weight excluding hydrogens is 504 g/mol. The van der Waals surface area contributed by atoms with E-state index in [2.05, 4.69) is 29.3 Å². The molecule has 2 aliphatic heterocycles. The van der Waals surface area contributed by atoms with Gasteiger partial charge in [-0.05, 0) is 67.6 Å². The molecule has 1 N–H and O–H groups in total. The van der Waals surface area contributed by atoms with E-state index in [1.54, 1.807) is 29.2 Å². The van der Waals surface area contributed by atoms with Crippen LogP contribution >= 0.6 is 0 Å². The van der Waals surface area contributed by atoms with E-state index in [0.717, 1.165) is 29.2 Å². The first-order valence-electron chi connectivity index (χ1n) is 13.2. The number of nitrogens with one attached hydrogen (secondary N) is 1. The van der Waals surface area contributed by atoms with Crippen molar-refractivity contribution in [2.24, 2.45) is 5.92 Å². The lowest BCUT2D eigenvalue weighted by molar-refractivity contribution is -0.120. The predicted molar refractivity (Wildman–Crippen MR) is 149 cm³/mol. The molecule has 2 aromatic carbocycles. The van der Waals surface area contributed by atoms with Crippen molar-refractivity contribution in [2.45, 2.75) is 32.7 Å². The smallest absolute Gasteiger partial charge is 0.254 e. The summed E-state index contributed by atoms with van der Waals surface area (Å²) in [5.41, 5.74) is 2.92. The topological polar surface area (TPSA) is 99.3 Å². The van der Waals surface area contributed by atoms with Crippen LogP contribution in [0.25, 0.3) is 0 Å². The number of sulfonamides is 1. The summed E-state index contributed by atoms with van der Waals surface area (Å²) in [6.45, 7) is 7.95.